The number of nitrogens with one attached hydrogen (secondary N) is 2. The molecule has 1 aliphatic rings. The molecule has 0 radical (unpaired) electrons. The van der Waals surface area contributed by atoms with Gasteiger partial charge in [-0.2, -0.15) is 0 Å². The van der Waals surface area contributed by atoms with Gasteiger partial charge in [0, 0.05) is 35.6 Å². The third kappa shape index (κ3) is 7.53. The van der Waals surface area contributed by atoms with Crippen molar-refractivity contribution in [3.05, 3.63) is 129 Å². The molecule has 0 aliphatic carbocycles. The molecule has 5 rings (SSSR count). The van der Waals surface area contributed by atoms with Crippen LogP contribution >= 0.6 is 11.3 Å². The molecule has 3 aromatic carbocycles. The van der Waals surface area contributed by atoms with Crippen molar-refractivity contribution in [1.29, 1.82) is 0 Å². The summed E-state index contributed by atoms with van der Waals surface area (Å²) >= 11 is 1.68. The van der Waals surface area contributed by atoms with Crippen molar-refractivity contribution in [2.24, 2.45) is 0 Å². The Morgan fingerprint density at radius 2 is 1.71 bits per heavy atom. The number of hydrogen-bond acceptors (Lipinski definition) is 5. The summed E-state index contributed by atoms with van der Waals surface area (Å²) in [4.78, 5) is 30.4. The summed E-state index contributed by atoms with van der Waals surface area (Å²) in [5.74, 6) is -0.354. The molecule has 218 valence electrons. The number of nitrogens with zero attached hydrogens (tertiary/aromatic N) is 1. The van der Waals surface area contributed by atoms with Gasteiger partial charge in [-0.05, 0) is 79.4 Å². The van der Waals surface area contributed by atoms with Crippen molar-refractivity contribution in [2.45, 2.75) is 57.8 Å². The zero-order valence-corrected chi connectivity index (χ0v) is 25.1. The SMILES string of the molecule is Cc1cccc(CNCC(O)C(Cc2ccccc2)NC(=O)c2cc(C)cc(C(=O)N3CCCC3c3cccs3)c2)c1. The van der Waals surface area contributed by atoms with E-state index in [2.05, 4.69) is 41.8 Å². The van der Waals surface area contributed by atoms with Crippen LogP contribution in [0.15, 0.2) is 90.3 Å². The highest BCUT2D eigenvalue weighted by Crippen LogP contribution is 2.35. The average molecular weight is 582 g/mol. The Kier molecular flexibility index (Phi) is 9.85. The lowest BCUT2D eigenvalue weighted by Gasteiger charge is -2.26. The highest BCUT2D eigenvalue weighted by atomic mass is 32.1. The Morgan fingerprint density at radius 1 is 0.929 bits per heavy atom. The predicted molar refractivity (Wildman–Crippen MR) is 169 cm³/mol. The van der Waals surface area contributed by atoms with E-state index in [4.69, 9.17) is 0 Å². The fourth-order valence-electron chi connectivity index (χ4n) is 5.72. The van der Waals surface area contributed by atoms with Crippen LogP contribution in [0.3, 0.4) is 0 Å². The van der Waals surface area contributed by atoms with Gasteiger partial charge < -0.3 is 20.6 Å². The zero-order valence-electron chi connectivity index (χ0n) is 24.3. The summed E-state index contributed by atoms with van der Waals surface area (Å²) in [6.07, 6.45) is 1.57. The second kappa shape index (κ2) is 13.9. The topological polar surface area (TPSA) is 81.7 Å². The van der Waals surface area contributed by atoms with Gasteiger partial charge in [0.25, 0.3) is 11.8 Å². The molecule has 6 nitrogen and oxygen atoms in total. The third-order valence-electron chi connectivity index (χ3n) is 7.82. The molecule has 2 heterocycles. The van der Waals surface area contributed by atoms with Gasteiger partial charge in [0.1, 0.15) is 0 Å². The monoisotopic (exact) mass is 581 g/mol. The van der Waals surface area contributed by atoms with Crippen LogP contribution in [0.1, 0.15) is 66.7 Å². The van der Waals surface area contributed by atoms with Crippen LogP contribution in [-0.4, -0.2) is 47.1 Å². The molecule has 2 amide bonds. The number of thiophene rings is 1. The number of likely N-dealkylation sites (tertiary alicyclic amines) is 1. The number of benzene rings is 3. The van der Waals surface area contributed by atoms with Gasteiger partial charge in [0.2, 0.25) is 0 Å². The quantitative estimate of drug-likeness (QED) is 0.208. The number of aryl methyl sites for hydroxylation is 2. The van der Waals surface area contributed by atoms with Crippen molar-refractivity contribution < 1.29 is 14.7 Å². The zero-order chi connectivity index (χ0) is 29.5. The molecular formula is C35H39N3O3S. The Morgan fingerprint density at radius 3 is 2.48 bits per heavy atom. The molecule has 3 atom stereocenters. The maximum absolute atomic E-state index is 13.7. The summed E-state index contributed by atoms with van der Waals surface area (Å²) in [6, 6.07) is 27.1. The second-order valence-electron chi connectivity index (χ2n) is 11.2. The summed E-state index contributed by atoms with van der Waals surface area (Å²) in [6.45, 7) is 5.61. The van der Waals surface area contributed by atoms with Crippen LogP contribution in [0.25, 0.3) is 0 Å². The van der Waals surface area contributed by atoms with E-state index in [1.807, 2.05) is 65.7 Å². The van der Waals surface area contributed by atoms with E-state index >= 15 is 0 Å². The fraction of sp³-hybridized carbons (Fsp3) is 0.314. The molecule has 1 aliphatic heterocycles. The van der Waals surface area contributed by atoms with E-state index in [9.17, 15) is 14.7 Å². The minimum absolute atomic E-state index is 0.0510. The predicted octanol–water partition coefficient (Wildman–Crippen LogP) is 5.83. The number of aliphatic hydroxyl groups is 1. The van der Waals surface area contributed by atoms with Crippen LogP contribution in [-0.2, 0) is 13.0 Å². The van der Waals surface area contributed by atoms with E-state index in [1.54, 1.807) is 23.5 Å². The van der Waals surface area contributed by atoms with Crippen LogP contribution in [0.5, 0.6) is 0 Å². The number of hydrogen-bond donors (Lipinski definition) is 3. The van der Waals surface area contributed by atoms with E-state index < -0.39 is 12.1 Å². The normalized spacial score (nSPS) is 16.3. The molecule has 3 N–H and O–H groups in total. The smallest absolute Gasteiger partial charge is 0.254 e. The first-order chi connectivity index (χ1) is 20.4. The summed E-state index contributed by atoms with van der Waals surface area (Å²) in [7, 11) is 0. The van der Waals surface area contributed by atoms with E-state index in [0.29, 0.717) is 37.2 Å². The Bertz CT molecular complexity index is 1490. The minimum Gasteiger partial charge on any atom is -0.390 e. The number of aliphatic hydroxyl groups excluding tert-OH is 1. The Labute approximate surface area is 252 Å². The van der Waals surface area contributed by atoms with Crippen molar-refractivity contribution in [3.63, 3.8) is 0 Å². The third-order valence-corrected chi connectivity index (χ3v) is 8.79. The lowest BCUT2D eigenvalue weighted by molar-refractivity contribution is 0.0737. The van der Waals surface area contributed by atoms with Crippen LogP contribution < -0.4 is 10.6 Å². The van der Waals surface area contributed by atoms with Gasteiger partial charge in [-0.25, -0.2) is 0 Å². The van der Waals surface area contributed by atoms with Crippen LogP contribution in [0, 0.1) is 13.8 Å². The highest BCUT2D eigenvalue weighted by molar-refractivity contribution is 7.10. The molecule has 7 heteroatoms. The summed E-state index contributed by atoms with van der Waals surface area (Å²) < 4.78 is 0. The van der Waals surface area contributed by atoms with Crippen molar-refractivity contribution in [1.82, 2.24) is 15.5 Å². The molecular weight excluding hydrogens is 542 g/mol. The largest absolute Gasteiger partial charge is 0.390 e. The first-order valence-electron chi connectivity index (χ1n) is 14.6. The number of amides is 2. The van der Waals surface area contributed by atoms with E-state index in [-0.39, 0.29) is 17.9 Å². The molecule has 0 saturated carbocycles. The van der Waals surface area contributed by atoms with Crippen molar-refractivity contribution in [2.75, 3.05) is 13.1 Å². The van der Waals surface area contributed by atoms with Crippen molar-refractivity contribution >= 4 is 23.2 Å². The summed E-state index contributed by atoms with van der Waals surface area (Å²) in [5.41, 5.74) is 5.13. The Balaban J connectivity index is 1.30. The molecule has 0 bridgehead atoms. The highest BCUT2D eigenvalue weighted by Gasteiger charge is 2.32. The van der Waals surface area contributed by atoms with E-state index in [1.165, 1.54) is 10.4 Å². The van der Waals surface area contributed by atoms with Crippen LogP contribution in [0.4, 0.5) is 0 Å². The minimum atomic E-state index is -0.818. The summed E-state index contributed by atoms with van der Waals surface area (Å²) in [5, 5.41) is 19.7. The lowest BCUT2D eigenvalue weighted by Crippen LogP contribution is -2.48. The van der Waals surface area contributed by atoms with Gasteiger partial charge in [0.15, 0.2) is 0 Å². The number of carbonyl (C=O) groups is 2. The van der Waals surface area contributed by atoms with Crippen LogP contribution in [0.2, 0.25) is 0 Å². The maximum Gasteiger partial charge on any atom is 0.254 e. The molecule has 1 aromatic heterocycles. The molecule has 42 heavy (non-hydrogen) atoms. The number of carbonyl (C=O) groups excluding carboxylic acids is 2. The van der Waals surface area contributed by atoms with Gasteiger partial charge >= 0.3 is 0 Å². The molecule has 3 unspecified atom stereocenters. The maximum atomic E-state index is 13.7. The number of rotatable bonds is 11. The fourth-order valence-corrected chi connectivity index (χ4v) is 6.60. The van der Waals surface area contributed by atoms with Gasteiger partial charge in [0.05, 0.1) is 18.2 Å². The Hall–Kier alpha value is -3.78. The van der Waals surface area contributed by atoms with Gasteiger partial charge in [-0.3, -0.25) is 9.59 Å². The molecule has 4 aromatic rings. The average Bonchev–Trinajstić information content (AvgIpc) is 3.69. The first kappa shape index (κ1) is 29.7. The lowest BCUT2D eigenvalue weighted by atomic mass is 9.99. The van der Waals surface area contributed by atoms with E-state index in [0.717, 1.165) is 29.5 Å². The van der Waals surface area contributed by atoms with Gasteiger partial charge in [-0.1, -0.05) is 66.2 Å². The second-order valence-corrected chi connectivity index (χ2v) is 12.2. The molecule has 0 spiro atoms. The molecule has 1 fully saturated rings. The first-order valence-corrected chi connectivity index (χ1v) is 15.5. The van der Waals surface area contributed by atoms with Crippen molar-refractivity contribution in [3.8, 4) is 0 Å². The molecule has 1 saturated heterocycles. The van der Waals surface area contributed by atoms with Gasteiger partial charge in [-0.15, -0.1) is 11.3 Å². The standard InChI is InChI=1S/C35H39N3O3S/c1-24-9-6-12-27(17-24)22-36-23-32(39)30(20-26-10-4-3-5-11-26)37-34(40)28-18-25(2)19-29(21-28)35(41)38-15-7-13-31(38)33-14-8-16-42-33/h3-6,8-12,14,16-19,21,30-32,36,39H,7,13,15,20,22-23H2,1-2H3,(H,37,40).